The Morgan fingerprint density at radius 1 is 0.527 bits per heavy atom. The van der Waals surface area contributed by atoms with Crippen molar-refractivity contribution in [1.82, 2.24) is 0 Å². The van der Waals surface area contributed by atoms with E-state index in [2.05, 4.69) is 47.9 Å². The largest absolute Gasteiger partial charge is 0.491 e. The van der Waals surface area contributed by atoms with Crippen LogP contribution in [-0.4, -0.2) is 115 Å². The molecule has 55 heavy (non-hydrogen) atoms. The number of rotatable bonds is 20. The molecule has 0 bridgehead atoms. The van der Waals surface area contributed by atoms with E-state index >= 15 is 0 Å². The van der Waals surface area contributed by atoms with Gasteiger partial charge in [0, 0.05) is 0 Å². The highest BCUT2D eigenvalue weighted by Crippen LogP contribution is 2.58. The summed E-state index contributed by atoms with van der Waals surface area (Å²) in [7, 11) is -36.5. The number of aliphatic hydroxyl groups is 1. The third-order valence-corrected chi connectivity index (χ3v) is 10.5. The fourth-order valence-corrected chi connectivity index (χ4v) is 9.42. The molecule has 2 rings (SSSR count). The van der Waals surface area contributed by atoms with Crippen molar-refractivity contribution in [1.29, 1.82) is 0 Å². The maximum atomic E-state index is 13.1. The molecule has 32 heteroatoms. The zero-order valence-corrected chi connectivity index (χ0v) is 34.6. The maximum absolute atomic E-state index is 13.1. The molecule has 0 spiro atoms. The lowest BCUT2D eigenvalue weighted by molar-refractivity contribution is -0.202. The van der Waals surface area contributed by atoms with Crippen molar-refractivity contribution in [3.8, 4) is 5.75 Å². The Morgan fingerprint density at radius 2 is 0.836 bits per heavy atom. The zero-order chi connectivity index (χ0) is 42.8. The molecule has 1 aromatic rings. The summed E-state index contributed by atoms with van der Waals surface area (Å²) in [5.41, 5.74) is 0.742. The van der Waals surface area contributed by atoms with Crippen molar-refractivity contribution in [2.75, 3.05) is 13.2 Å². The molecule has 4 unspecified atom stereocenters. The second-order valence-electron chi connectivity index (χ2n) is 13.7. The minimum absolute atomic E-state index is 0.0100. The first-order valence-corrected chi connectivity index (χ1v) is 24.3. The average Bonchev–Trinajstić information content (AvgIpc) is 2.92. The molecule has 0 aliphatic heterocycles. The Balaban J connectivity index is 2.49. The predicted octanol–water partition coefficient (Wildman–Crippen LogP) is 1.05. The molecule has 12 N–H and O–H groups in total. The van der Waals surface area contributed by atoms with E-state index in [1.54, 1.807) is 24.3 Å². The maximum Gasteiger partial charge on any atom is 0.472 e. The van der Waals surface area contributed by atoms with Gasteiger partial charge >= 0.3 is 46.9 Å². The minimum atomic E-state index is -6.12. The Bertz CT molecular complexity index is 1660. The standard InChI is InChI=1S/C23H44O26P6/c1-22(2,3)12-23(4,5)13-6-8-15(9-7-13)42-10-14(24)11-43-55(40,41)49-21-19(47-53(34,35)36)17(45-51(28,29)30)16(44-50(25,26)27)18(46-52(31,32)33)20(21)48-54(37,38)39/h6-9,14,16-21,24H,10-12H2,1-5H3,(H,40,41)(H2,25,26,27)(H2,28,29,30)(H2,31,32,33)(H2,34,35,36)(H2,37,38,39)/t14?,16?,17-,18+,19+,20-,21?. The number of phosphoric acid groups is 6. The van der Waals surface area contributed by atoms with Gasteiger partial charge in [-0.05, 0) is 34.9 Å². The van der Waals surface area contributed by atoms with Crippen LogP contribution in [0.2, 0.25) is 0 Å². The lowest BCUT2D eigenvalue weighted by Gasteiger charge is -2.48. The van der Waals surface area contributed by atoms with Crippen LogP contribution < -0.4 is 4.74 Å². The third kappa shape index (κ3) is 19.1. The molecule has 0 amide bonds. The lowest BCUT2D eigenvalue weighted by atomic mass is 9.72. The molecule has 1 aromatic carbocycles. The number of hydrogen-bond acceptors (Lipinski definition) is 15. The van der Waals surface area contributed by atoms with E-state index in [0.29, 0.717) is 0 Å². The van der Waals surface area contributed by atoms with Crippen LogP contribution in [0.4, 0.5) is 0 Å². The van der Waals surface area contributed by atoms with E-state index in [1.807, 2.05) is 13.8 Å². The van der Waals surface area contributed by atoms with Crippen LogP contribution >= 0.6 is 46.9 Å². The molecule has 1 saturated carbocycles. The monoisotopic (exact) mass is 922 g/mol. The van der Waals surface area contributed by atoms with Crippen molar-refractivity contribution in [2.24, 2.45) is 5.41 Å². The second kappa shape index (κ2) is 18.5. The van der Waals surface area contributed by atoms with E-state index in [-0.39, 0.29) is 16.6 Å². The van der Waals surface area contributed by atoms with Crippen LogP contribution in [0.15, 0.2) is 24.3 Å². The Morgan fingerprint density at radius 3 is 1.13 bits per heavy atom. The number of benzene rings is 1. The Hall–Kier alpha value is -0.360. The van der Waals surface area contributed by atoms with Crippen molar-refractivity contribution in [3.63, 3.8) is 0 Å². The summed E-state index contributed by atoms with van der Waals surface area (Å²) in [6, 6.07) is 6.71. The van der Waals surface area contributed by atoms with E-state index < -0.39 is 103 Å². The zero-order valence-electron chi connectivity index (χ0n) is 29.2. The van der Waals surface area contributed by atoms with Gasteiger partial charge in [-0.25, -0.2) is 27.4 Å². The van der Waals surface area contributed by atoms with Gasteiger partial charge in [0.25, 0.3) is 0 Å². The van der Waals surface area contributed by atoms with Gasteiger partial charge in [0.15, 0.2) is 0 Å². The fourth-order valence-electron chi connectivity index (χ4n) is 5.67. The molecule has 1 aliphatic carbocycles. The summed E-state index contributed by atoms with van der Waals surface area (Å²) < 4.78 is 109. The molecule has 1 aliphatic rings. The molecule has 8 atom stereocenters. The number of hydrogen-bond donors (Lipinski definition) is 12. The lowest BCUT2D eigenvalue weighted by Crippen LogP contribution is -2.66. The molecule has 0 radical (unpaired) electrons. The van der Waals surface area contributed by atoms with Crippen LogP contribution in [0.25, 0.3) is 0 Å². The summed E-state index contributed by atoms with van der Waals surface area (Å²) >= 11 is 0. The summed E-state index contributed by atoms with van der Waals surface area (Å²) in [6.07, 6.45) is -20.1. The average molecular weight is 922 g/mol. The highest BCUT2D eigenvalue weighted by molar-refractivity contribution is 7.48. The van der Waals surface area contributed by atoms with E-state index in [0.717, 1.165) is 12.0 Å². The predicted molar refractivity (Wildman–Crippen MR) is 180 cm³/mol. The van der Waals surface area contributed by atoms with Crippen LogP contribution in [0.5, 0.6) is 5.75 Å². The highest BCUT2D eigenvalue weighted by Gasteiger charge is 2.63. The van der Waals surface area contributed by atoms with Crippen LogP contribution in [0.1, 0.15) is 46.6 Å². The topological polar surface area (TPSA) is 419 Å². The second-order valence-corrected chi connectivity index (χ2v) is 21.1. The Kier molecular flexibility index (Phi) is 17.1. The van der Waals surface area contributed by atoms with Gasteiger partial charge < -0.3 is 63.7 Å². The van der Waals surface area contributed by atoms with Crippen molar-refractivity contribution >= 4 is 46.9 Å². The SMILES string of the molecule is CC(C)(C)CC(C)(C)c1ccc(OCC(O)COP(=O)(O)OC2[C@@H](OP(=O)(O)O)[C@H](OP(=O)(O)O)C(OP(=O)(O)O)[C@H](OP(=O)(O)O)[C@H]2OP(=O)(O)O)cc1. The summed E-state index contributed by atoms with van der Waals surface area (Å²) in [5, 5.41) is 10.4. The summed E-state index contributed by atoms with van der Waals surface area (Å²) in [6.45, 7) is 8.52. The van der Waals surface area contributed by atoms with Crippen molar-refractivity contribution in [2.45, 2.75) is 89.2 Å². The minimum Gasteiger partial charge on any atom is -0.491 e. The highest BCUT2D eigenvalue weighted by atomic mass is 31.2. The van der Waals surface area contributed by atoms with E-state index in [1.165, 1.54) is 0 Å². The smallest absolute Gasteiger partial charge is 0.472 e. The van der Waals surface area contributed by atoms with Gasteiger partial charge in [0.2, 0.25) is 0 Å². The molecule has 0 saturated heterocycles. The van der Waals surface area contributed by atoms with Gasteiger partial charge in [-0.15, -0.1) is 0 Å². The van der Waals surface area contributed by atoms with Gasteiger partial charge in [-0.2, -0.15) is 0 Å². The van der Waals surface area contributed by atoms with Crippen LogP contribution in [0, 0.1) is 5.41 Å². The fraction of sp³-hybridized carbons (Fsp3) is 0.739. The Labute approximate surface area is 312 Å². The van der Waals surface area contributed by atoms with Gasteiger partial charge in [-0.3, -0.25) is 31.7 Å². The number of ether oxygens (including phenoxy) is 1. The molecule has 26 nitrogen and oxygen atoms in total. The van der Waals surface area contributed by atoms with Crippen LogP contribution in [-0.2, 0) is 64.5 Å². The molecule has 0 aromatic heterocycles. The molecule has 1 fully saturated rings. The normalized spacial score (nSPS) is 25.3. The molecule has 322 valence electrons. The third-order valence-electron chi connectivity index (χ3n) is 6.97. The first kappa shape index (κ1) is 50.8. The quantitative estimate of drug-likeness (QED) is 0.0813. The van der Waals surface area contributed by atoms with Crippen molar-refractivity contribution in [3.05, 3.63) is 29.8 Å². The number of aliphatic hydroxyl groups excluding tert-OH is 1. The molecule has 0 heterocycles. The number of phosphoric ester groups is 6. The van der Waals surface area contributed by atoms with Gasteiger partial charge in [0.1, 0.15) is 55.1 Å². The first-order chi connectivity index (χ1) is 24.4. The first-order valence-electron chi connectivity index (χ1n) is 15.1. The molecular weight excluding hydrogens is 878 g/mol. The van der Waals surface area contributed by atoms with E-state index in [4.69, 9.17) is 9.26 Å². The summed E-state index contributed by atoms with van der Waals surface area (Å²) in [4.78, 5) is 106. The van der Waals surface area contributed by atoms with Crippen LogP contribution in [0.3, 0.4) is 0 Å². The van der Waals surface area contributed by atoms with E-state index in [9.17, 15) is 86.3 Å². The summed E-state index contributed by atoms with van der Waals surface area (Å²) in [5.74, 6) is 0.231. The van der Waals surface area contributed by atoms with Crippen molar-refractivity contribution < 1.29 is 123 Å². The van der Waals surface area contributed by atoms with Gasteiger partial charge in [0.05, 0.1) is 6.61 Å². The van der Waals surface area contributed by atoms with Gasteiger partial charge in [-0.1, -0.05) is 46.8 Å². The molecular formula is C23H44O26P6.